The Kier molecular flexibility index (Phi) is 6.27. The van der Waals surface area contributed by atoms with Crippen LogP contribution in [0, 0.1) is 0 Å². The zero-order valence-corrected chi connectivity index (χ0v) is 20.6. The maximum Gasteiger partial charge on any atom is 0.169 e. The molecular formula is C28H30N4O2S. The highest BCUT2D eigenvalue weighted by Gasteiger charge is 2.29. The molecule has 0 bridgehead atoms. The van der Waals surface area contributed by atoms with Gasteiger partial charge in [0.2, 0.25) is 0 Å². The molecule has 180 valence electrons. The lowest BCUT2D eigenvalue weighted by Crippen LogP contribution is -2.32. The molecule has 4 heterocycles. The first-order chi connectivity index (χ1) is 17.3. The van der Waals surface area contributed by atoms with Gasteiger partial charge in [-0.15, -0.1) is 5.10 Å². The molecule has 2 aromatic carbocycles. The molecule has 0 spiro atoms. The summed E-state index contributed by atoms with van der Waals surface area (Å²) >= 11 is 6.01. The van der Waals surface area contributed by atoms with E-state index >= 15 is 0 Å². The first kappa shape index (κ1) is 22.3. The molecule has 1 saturated heterocycles. The summed E-state index contributed by atoms with van der Waals surface area (Å²) in [4.78, 5) is 0.723. The molecule has 2 aromatic heterocycles. The molecule has 6 nitrogen and oxygen atoms in total. The molecule has 2 aliphatic heterocycles. The quantitative estimate of drug-likeness (QED) is 0.366. The lowest BCUT2D eigenvalue weighted by atomic mass is 9.98. The van der Waals surface area contributed by atoms with Gasteiger partial charge in [-0.3, -0.25) is 0 Å². The van der Waals surface area contributed by atoms with Crippen molar-refractivity contribution in [1.29, 1.82) is 0 Å². The molecule has 1 fully saturated rings. The number of hydrogen-bond donors (Lipinski definition) is 1. The van der Waals surface area contributed by atoms with Crippen molar-refractivity contribution in [2.24, 2.45) is 0 Å². The van der Waals surface area contributed by atoms with E-state index in [-0.39, 0.29) is 6.10 Å². The molecule has 0 radical (unpaired) electrons. The van der Waals surface area contributed by atoms with Crippen molar-refractivity contribution in [1.82, 2.24) is 19.5 Å². The van der Waals surface area contributed by atoms with Gasteiger partial charge in [-0.25, -0.2) is 4.52 Å². The SMILES string of the molecule is S=C(NC[C@@H]1CCCO1)c1c(-c2ccccc2)c2c3n(c(COc4ccccc4)nn13)CCCC2. The van der Waals surface area contributed by atoms with Gasteiger partial charge >= 0.3 is 0 Å². The molecule has 6 rings (SSSR count). The molecule has 0 aliphatic carbocycles. The first-order valence-electron chi connectivity index (χ1n) is 12.6. The number of nitrogens with one attached hydrogen (secondary N) is 1. The minimum Gasteiger partial charge on any atom is -0.486 e. The Bertz CT molecular complexity index is 1320. The van der Waals surface area contributed by atoms with Crippen LogP contribution in [0.3, 0.4) is 0 Å². The van der Waals surface area contributed by atoms with E-state index in [2.05, 4.69) is 44.7 Å². The minimum absolute atomic E-state index is 0.217. The van der Waals surface area contributed by atoms with E-state index in [1.165, 1.54) is 16.7 Å². The van der Waals surface area contributed by atoms with E-state index in [0.717, 1.165) is 79.7 Å². The van der Waals surface area contributed by atoms with Gasteiger partial charge in [0.15, 0.2) is 5.82 Å². The number of rotatable bonds is 7. The van der Waals surface area contributed by atoms with Gasteiger partial charge in [0.1, 0.15) is 28.7 Å². The summed E-state index contributed by atoms with van der Waals surface area (Å²) in [6.45, 7) is 2.91. The van der Waals surface area contributed by atoms with Gasteiger partial charge in [-0.2, -0.15) is 0 Å². The predicted octanol–water partition coefficient (Wildman–Crippen LogP) is 5.16. The van der Waals surface area contributed by atoms with Crippen LogP contribution in [0.2, 0.25) is 0 Å². The van der Waals surface area contributed by atoms with Crippen LogP contribution in [-0.4, -0.2) is 38.4 Å². The van der Waals surface area contributed by atoms with E-state index in [4.69, 9.17) is 26.8 Å². The minimum atomic E-state index is 0.217. The molecule has 1 N–H and O–H groups in total. The maximum atomic E-state index is 6.11. The van der Waals surface area contributed by atoms with E-state index < -0.39 is 0 Å². The third-order valence-electron chi connectivity index (χ3n) is 6.97. The Balaban J connectivity index is 1.43. The smallest absolute Gasteiger partial charge is 0.169 e. The third-order valence-corrected chi connectivity index (χ3v) is 7.30. The molecule has 2 aliphatic rings. The Labute approximate surface area is 210 Å². The highest BCUT2D eigenvalue weighted by atomic mass is 32.1. The number of hydrogen-bond acceptors (Lipinski definition) is 4. The summed E-state index contributed by atoms with van der Waals surface area (Å²) in [5, 5.41) is 8.59. The molecule has 1 atom stereocenters. The maximum absolute atomic E-state index is 6.11. The molecule has 0 amide bonds. The Morgan fingerprint density at radius 3 is 2.63 bits per heavy atom. The van der Waals surface area contributed by atoms with Gasteiger partial charge < -0.3 is 19.4 Å². The van der Waals surface area contributed by atoms with Crippen molar-refractivity contribution in [3.63, 3.8) is 0 Å². The number of thiocarbonyl (C=S) groups is 1. The predicted molar refractivity (Wildman–Crippen MR) is 141 cm³/mol. The standard InChI is InChI=1S/C28H30N4O2S/c35-27(29-18-22-14-9-17-33-22)26-25(20-10-3-1-4-11-20)23-15-7-8-16-31-24(30-32(26)28(23)31)19-34-21-12-5-2-6-13-21/h1-6,10-13,22H,7-9,14-19H2,(H,29,35)/t22-/m0/s1. The van der Waals surface area contributed by atoms with E-state index in [9.17, 15) is 0 Å². The first-order valence-corrected chi connectivity index (χ1v) is 13.0. The summed E-state index contributed by atoms with van der Waals surface area (Å²) in [5.74, 6) is 1.77. The number of aryl methyl sites for hydroxylation is 2. The molecule has 4 aromatic rings. The van der Waals surface area contributed by atoms with E-state index in [1.807, 2.05) is 30.3 Å². The average molecular weight is 487 g/mol. The van der Waals surface area contributed by atoms with Crippen LogP contribution < -0.4 is 10.1 Å². The van der Waals surface area contributed by atoms with Crippen LogP contribution in [0.4, 0.5) is 0 Å². The van der Waals surface area contributed by atoms with Gasteiger partial charge in [0.05, 0.1) is 6.10 Å². The molecule has 0 unspecified atom stereocenters. The summed E-state index contributed by atoms with van der Waals surface area (Å²) in [5.41, 5.74) is 5.81. The second-order valence-corrected chi connectivity index (χ2v) is 9.68. The lowest BCUT2D eigenvalue weighted by Gasteiger charge is -2.14. The van der Waals surface area contributed by atoms with Crippen molar-refractivity contribution in [3.8, 4) is 16.9 Å². The number of para-hydroxylation sites is 1. The molecule has 0 saturated carbocycles. The van der Waals surface area contributed by atoms with Crippen molar-refractivity contribution in [3.05, 3.63) is 77.7 Å². The summed E-state index contributed by atoms with van der Waals surface area (Å²) in [6.07, 6.45) is 5.66. The Hall–Kier alpha value is -3.16. The fourth-order valence-electron chi connectivity index (χ4n) is 5.30. The zero-order chi connectivity index (χ0) is 23.6. The van der Waals surface area contributed by atoms with Crippen LogP contribution in [0.5, 0.6) is 5.75 Å². The van der Waals surface area contributed by atoms with E-state index in [0.29, 0.717) is 6.61 Å². The van der Waals surface area contributed by atoms with Crippen LogP contribution in [0.25, 0.3) is 16.8 Å². The van der Waals surface area contributed by atoms with Crippen LogP contribution >= 0.6 is 12.2 Å². The zero-order valence-electron chi connectivity index (χ0n) is 19.8. The van der Waals surface area contributed by atoms with Gasteiger partial charge in [-0.05, 0) is 49.8 Å². The van der Waals surface area contributed by atoms with Crippen LogP contribution in [-0.2, 0) is 24.3 Å². The van der Waals surface area contributed by atoms with Crippen molar-refractivity contribution >= 4 is 22.9 Å². The second-order valence-electron chi connectivity index (χ2n) is 9.28. The third kappa shape index (κ3) is 4.34. The van der Waals surface area contributed by atoms with Gasteiger partial charge in [0.25, 0.3) is 0 Å². The Morgan fingerprint density at radius 2 is 1.86 bits per heavy atom. The van der Waals surface area contributed by atoms with Crippen LogP contribution in [0.1, 0.15) is 42.8 Å². The second kappa shape index (κ2) is 9.84. The largest absolute Gasteiger partial charge is 0.486 e. The number of nitrogens with zero attached hydrogens (tertiary/aromatic N) is 3. The highest BCUT2D eigenvalue weighted by molar-refractivity contribution is 7.80. The molecule has 35 heavy (non-hydrogen) atoms. The van der Waals surface area contributed by atoms with Crippen molar-refractivity contribution in [2.45, 2.75) is 51.4 Å². The Morgan fingerprint density at radius 1 is 1.06 bits per heavy atom. The summed E-state index contributed by atoms with van der Waals surface area (Å²) < 4.78 is 16.3. The van der Waals surface area contributed by atoms with Crippen molar-refractivity contribution < 1.29 is 9.47 Å². The number of ether oxygens (including phenoxy) is 2. The topological polar surface area (TPSA) is 52.7 Å². The van der Waals surface area contributed by atoms with E-state index in [1.54, 1.807) is 0 Å². The normalized spacial score (nSPS) is 17.4. The monoisotopic (exact) mass is 486 g/mol. The highest BCUT2D eigenvalue weighted by Crippen LogP contribution is 2.37. The lowest BCUT2D eigenvalue weighted by molar-refractivity contribution is 0.114. The average Bonchev–Trinajstić information content (AvgIpc) is 3.57. The van der Waals surface area contributed by atoms with Crippen LogP contribution in [0.15, 0.2) is 60.7 Å². The fourth-order valence-corrected chi connectivity index (χ4v) is 5.57. The molecule has 7 heteroatoms. The summed E-state index contributed by atoms with van der Waals surface area (Å²) in [7, 11) is 0. The number of aromatic nitrogens is 3. The molecular weight excluding hydrogens is 456 g/mol. The van der Waals surface area contributed by atoms with Crippen molar-refractivity contribution in [2.75, 3.05) is 13.2 Å². The van der Waals surface area contributed by atoms with Gasteiger partial charge in [-0.1, -0.05) is 60.7 Å². The van der Waals surface area contributed by atoms with Gasteiger partial charge in [0, 0.05) is 30.8 Å². The number of benzene rings is 2. The summed E-state index contributed by atoms with van der Waals surface area (Å²) in [6, 6.07) is 20.5. The fraction of sp³-hybridized carbons (Fsp3) is 0.357.